The fourth-order valence-electron chi connectivity index (χ4n) is 9.96. The number of carbonyl (C=O) groups excluding carboxylic acids is 1. The number of hydrogen-bond acceptors (Lipinski definition) is 7. The molecule has 0 radical (unpaired) electrons. The lowest BCUT2D eigenvalue weighted by atomic mass is 9.69. The molecule has 43 heavy (non-hydrogen) atoms. The second-order valence-corrected chi connectivity index (χ2v) is 15.9. The van der Waals surface area contributed by atoms with E-state index in [2.05, 4.69) is 0 Å². The molecule has 0 unspecified atom stereocenters. The zero-order valence-corrected chi connectivity index (χ0v) is 27.7. The maximum absolute atomic E-state index is 11.4. The van der Waals surface area contributed by atoms with Crippen LogP contribution in [-0.2, 0) is 28.5 Å². The molecule has 0 aromatic rings. The summed E-state index contributed by atoms with van der Waals surface area (Å²) in [6.45, 7) is 9.29. The zero-order valence-electron chi connectivity index (χ0n) is 27.7. The van der Waals surface area contributed by atoms with Gasteiger partial charge in [-0.25, -0.2) is 0 Å². The van der Waals surface area contributed by atoms with Crippen LogP contribution in [0.3, 0.4) is 0 Å². The van der Waals surface area contributed by atoms with Crippen LogP contribution in [0.2, 0.25) is 0 Å². The first-order chi connectivity index (χ1) is 20.6. The van der Waals surface area contributed by atoms with Crippen LogP contribution in [0.5, 0.6) is 0 Å². The molecule has 0 amide bonds. The van der Waals surface area contributed by atoms with Crippen LogP contribution in [0.4, 0.5) is 0 Å². The molecule has 7 heteroatoms. The van der Waals surface area contributed by atoms with E-state index in [0.29, 0.717) is 23.9 Å². The monoisotopic (exact) mass is 606 g/mol. The van der Waals surface area contributed by atoms with Gasteiger partial charge in [0.25, 0.3) is 0 Å². The summed E-state index contributed by atoms with van der Waals surface area (Å²) < 4.78 is 28.9. The van der Waals surface area contributed by atoms with Gasteiger partial charge in [0.05, 0.1) is 38.6 Å². The highest BCUT2D eigenvalue weighted by Crippen LogP contribution is 2.57. The Kier molecular flexibility index (Phi) is 11.2. The van der Waals surface area contributed by atoms with E-state index >= 15 is 0 Å². The molecule has 2 aliphatic heterocycles. The highest BCUT2D eigenvalue weighted by Gasteiger charge is 2.52. The van der Waals surface area contributed by atoms with Crippen molar-refractivity contribution in [3.8, 4) is 0 Å². The summed E-state index contributed by atoms with van der Waals surface area (Å²) in [6.07, 6.45) is 23.6. The molecule has 0 aromatic carbocycles. The van der Waals surface area contributed by atoms with Gasteiger partial charge >= 0.3 is 5.97 Å². The molecule has 1 N–H and O–H groups in total. The predicted octanol–water partition coefficient (Wildman–Crippen LogP) is 7.85. The van der Waals surface area contributed by atoms with Gasteiger partial charge in [0.15, 0.2) is 11.6 Å². The van der Waals surface area contributed by atoms with Crippen molar-refractivity contribution in [3.05, 3.63) is 0 Å². The van der Waals surface area contributed by atoms with E-state index in [-0.39, 0.29) is 17.5 Å². The second-order valence-electron chi connectivity index (χ2n) is 15.9. The molecule has 2 saturated heterocycles. The topological polar surface area (TPSA) is 83.5 Å². The summed E-state index contributed by atoms with van der Waals surface area (Å²) in [5, 5.41) is 9.84. The molecular weight excluding hydrogens is 544 g/mol. The standard InChI is InChI=1S/C18H30O4.C18H32O3/c1-2-20-16(19)6-3-5-15-7-10-17(13-15)8-4-9-18(14-17)21-11-12-22-18;1-16(2,19)7-3-5-15-6-10-17(13-15)8-4-9-18(14-17)20-11-12-21-18/h15H,2-14H2,1H3;15,19H,3-14H2,1-2H3/t2*15-,17-/m11/s1. The third-order valence-corrected chi connectivity index (χ3v) is 11.8. The molecule has 4 aliphatic carbocycles. The first kappa shape index (κ1) is 33.6. The van der Waals surface area contributed by atoms with Crippen molar-refractivity contribution >= 4 is 5.97 Å². The number of aliphatic hydroxyl groups is 1. The minimum Gasteiger partial charge on any atom is -0.466 e. The van der Waals surface area contributed by atoms with E-state index in [1.54, 1.807) is 0 Å². The van der Waals surface area contributed by atoms with Gasteiger partial charge < -0.3 is 28.8 Å². The Morgan fingerprint density at radius 2 is 1.26 bits per heavy atom. The normalized spacial score (nSPS) is 34.7. The Bertz CT molecular complexity index is 887. The van der Waals surface area contributed by atoms with Crippen molar-refractivity contribution in [3.63, 3.8) is 0 Å². The summed E-state index contributed by atoms with van der Waals surface area (Å²) in [7, 11) is 0. The Balaban J connectivity index is 0.000000171. The van der Waals surface area contributed by atoms with Crippen molar-refractivity contribution in [2.45, 2.75) is 166 Å². The van der Waals surface area contributed by atoms with Gasteiger partial charge in [-0.15, -0.1) is 0 Å². The number of hydrogen-bond donors (Lipinski definition) is 1. The smallest absolute Gasteiger partial charge is 0.305 e. The van der Waals surface area contributed by atoms with Gasteiger partial charge in [0.1, 0.15) is 0 Å². The zero-order chi connectivity index (χ0) is 30.4. The summed E-state index contributed by atoms with van der Waals surface area (Å²) >= 11 is 0. The average molecular weight is 607 g/mol. The molecule has 4 atom stereocenters. The summed E-state index contributed by atoms with van der Waals surface area (Å²) in [5.41, 5.74) is 0.426. The molecule has 6 fully saturated rings. The summed E-state index contributed by atoms with van der Waals surface area (Å²) in [4.78, 5) is 11.4. The summed E-state index contributed by atoms with van der Waals surface area (Å²) in [5.74, 6) is 1.10. The number of rotatable bonds is 9. The van der Waals surface area contributed by atoms with Gasteiger partial charge in [-0.05, 0) is 127 Å². The number of ether oxygens (including phenoxy) is 5. The molecule has 6 rings (SSSR count). The highest BCUT2D eigenvalue weighted by atomic mass is 16.7. The van der Waals surface area contributed by atoms with Crippen LogP contribution in [0.15, 0.2) is 0 Å². The molecule has 6 aliphatic rings. The van der Waals surface area contributed by atoms with Crippen molar-refractivity contribution in [1.82, 2.24) is 0 Å². The van der Waals surface area contributed by atoms with E-state index in [9.17, 15) is 9.90 Å². The highest BCUT2D eigenvalue weighted by molar-refractivity contribution is 5.69. The average Bonchev–Trinajstić information content (AvgIpc) is 3.75. The molecule has 2 heterocycles. The molecular formula is C36H62O7. The molecule has 248 valence electrons. The minimum atomic E-state index is -0.503. The van der Waals surface area contributed by atoms with Crippen LogP contribution in [-0.4, -0.2) is 61.3 Å². The number of carbonyl (C=O) groups is 1. The Labute approximate surface area is 261 Å². The van der Waals surface area contributed by atoms with E-state index < -0.39 is 5.60 Å². The van der Waals surface area contributed by atoms with Crippen LogP contribution in [0.1, 0.15) is 149 Å². The fourth-order valence-corrected chi connectivity index (χ4v) is 9.96. The van der Waals surface area contributed by atoms with Crippen LogP contribution in [0.25, 0.3) is 0 Å². The molecule has 0 aromatic heterocycles. The number of esters is 1. The van der Waals surface area contributed by atoms with Crippen LogP contribution < -0.4 is 0 Å². The van der Waals surface area contributed by atoms with Gasteiger partial charge in [0, 0.05) is 32.1 Å². The van der Waals surface area contributed by atoms with Gasteiger partial charge in [0.2, 0.25) is 0 Å². The van der Waals surface area contributed by atoms with E-state index in [1.165, 1.54) is 70.6 Å². The largest absolute Gasteiger partial charge is 0.466 e. The van der Waals surface area contributed by atoms with E-state index in [0.717, 1.165) is 89.6 Å². The Morgan fingerprint density at radius 3 is 1.72 bits per heavy atom. The predicted molar refractivity (Wildman–Crippen MR) is 166 cm³/mol. The molecule has 7 nitrogen and oxygen atoms in total. The maximum atomic E-state index is 11.4. The van der Waals surface area contributed by atoms with Crippen LogP contribution in [0, 0.1) is 22.7 Å². The van der Waals surface area contributed by atoms with Crippen molar-refractivity contribution < 1.29 is 33.6 Å². The third-order valence-electron chi connectivity index (χ3n) is 11.8. The minimum absolute atomic E-state index is 0.0421. The van der Waals surface area contributed by atoms with Crippen molar-refractivity contribution in [1.29, 1.82) is 0 Å². The second kappa shape index (κ2) is 14.4. The first-order valence-corrected chi connectivity index (χ1v) is 18.0. The third kappa shape index (κ3) is 9.18. The Morgan fingerprint density at radius 1 is 0.767 bits per heavy atom. The first-order valence-electron chi connectivity index (χ1n) is 18.0. The molecule has 0 bridgehead atoms. The lowest BCUT2D eigenvalue weighted by Gasteiger charge is -2.43. The van der Waals surface area contributed by atoms with E-state index in [4.69, 9.17) is 23.7 Å². The van der Waals surface area contributed by atoms with Gasteiger partial charge in [-0.2, -0.15) is 0 Å². The molecule has 4 spiro atoms. The summed E-state index contributed by atoms with van der Waals surface area (Å²) in [6, 6.07) is 0. The quantitative estimate of drug-likeness (QED) is 0.268. The Hall–Kier alpha value is -0.730. The fraction of sp³-hybridized carbons (Fsp3) is 0.972. The van der Waals surface area contributed by atoms with Gasteiger partial charge in [-0.1, -0.05) is 12.8 Å². The molecule has 4 saturated carbocycles. The van der Waals surface area contributed by atoms with Gasteiger partial charge in [-0.3, -0.25) is 4.79 Å². The van der Waals surface area contributed by atoms with E-state index in [1.807, 2.05) is 20.8 Å². The maximum Gasteiger partial charge on any atom is 0.305 e. The van der Waals surface area contributed by atoms with Crippen LogP contribution >= 0.6 is 0 Å². The van der Waals surface area contributed by atoms with Crippen molar-refractivity contribution in [2.24, 2.45) is 22.7 Å². The lowest BCUT2D eigenvalue weighted by molar-refractivity contribution is -0.202. The van der Waals surface area contributed by atoms with Crippen molar-refractivity contribution in [2.75, 3.05) is 33.0 Å². The lowest BCUT2D eigenvalue weighted by Crippen LogP contribution is -2.41. The SMILES string of the molecule is CC(C)(O)CCC[C@@H]1CC[C@]2(CCCC3(C2)OCCO3)C1.CCOC(=O)CCC[C@@H]1CC[C@]2(CCCC3(C2)OCCO3)C1.